The van der Waals surface area contributed by atoms with Crippen LogP contribution in [0.15, 0.2) is 0 Å². The van der Waals surface area contributed by atoms with E-state index in [9.17, 15) is 4.79 Å². The van der Waals surface area contributed by atoms with Gasteiger partial charge >= 0.3 is 0 Å². The third kappa shape index (κ3) is 0.893. The molecule has 64 valence electrons. The highest BCUT2D eigenvalue weighted by Gasteiger charge is 2.61. The highest BCUT2D eigenvalue weighted by Crippen LogP contribution is 2.34. The molecule has 0 saturated heterocycles. The average Bonchev–Trinajstić information content (AvgIpc) is 1.95. The molecule has 1 saturated carbocycles. The summed E-state index contributed by atoms with van der Waals surface area (Å²) in [5.41, 5.74) is -2.26. The van der Waals surface area contributed by atoms with E-state index in [1.54, 1.807) is 0 Å². The Hall–Kier alpha value is -0.490. The molecule has 5 heteroatoms. The van der Waals surface area contributed by atoms with Crippen LogP contribution in [0.1, 0.15) is 13.3 Å². The number of Topliss-reactive ketones (excluding diaryl/α,β-unsaturated/α-hetero) is 1. The van der Waals surface area contributed by atoms with Crippen molar-refractivity contribution in [2.45, 2.75) is 30.8 Å². The molecular formula is C6H10O5. The van der Waals surface area contributed by atoms with Gasteiger partial charge in [0.25, 0.3) is 0 Å². The van der Waals surface area contributed by atoms with Gasteiger partial charge in [0.15, 0.2) is 11.4 Å². The van der Waals surface area contributed by atoms with Gasteiger partial charge in [0.1, 0.15) is 6.10 Å². The summed E-state index contributed by atoms with van der Waals surface area (Å²) in [5, 5.41) is 36.0. The lowest BCUT2D eigenvalue weighted by atomic mass is 9.98. The molecule has 2 unspecified atom stereocenters. The van der Waals surface area contributed by atoms with E-state index >= 15 is 0 Å². The normalized spacial score (nSPS) is 43.0. The first-order valence-corrected chi connectivity index (χ1v) is 3.18. The summed E-state index contributed by atoms with van der Waals surface area (Å²) in [4.78, 5) is 10.8. The quantitative estimate of drug-likeness (QED) is 0.302. The van der Waals surface area contributed by atoms with Crippen LogP contribution < -0.4 is 0 Å². The van der Waals surface area contributed by atoms with Crippen molar-refractivity contribution in [3.05, 3.63) is 0 Å². The number of carbonyl (C=O) groups is 1. The summed E-state index contributed by atoms with van der Waals surface area (Å²) in [6.07, 6.45) is -2.04. The number of aliphatic hydroxyl groups excluding tert-OH is 1. The second-order valence-electron chi connectivity index (χ2n) is 2.94. The van der Waals surface area contributed by atoms with Gasteiger partial charge in [0.2, 0.25) is 5.79 Å². The van der Waals surface area contributed by atoms with Crippen molar-refractivity contribution in [3.8, 4) is 0 Å². The Bertz CT molecular complexity index is 195. The molecule has 0 aromatic heterocycles. The zero-order valence-electron chi connectivity index (χ0n) is 5.98. The molecule has 1 aliphatic rings. The number of hydrogen-bond donors (Lipinski definition) is 4. The van der Waals surface area contributed by atoms with Gasteiger partial charge in [-0.15, -0.1) is 0 Å². The van der Waals surface area contributed by atoms with Crippen molar-refractivity contribution < 1.29 is 25.2 Å². The van der Waals surface area contributed by atoms with Gasteiger partial charge in [-0.1, -0.05) is 0 Å². The van der Waals surface area contributed by atoms with E-state index in [-0.39, 0.29) is 0 Å². The van der Waals surface area contributed by atoms with Gasteiger partial charge in [0.05, 0.1) is 0 Å². The third-order valence-corrected chi connectivity index (χ3v) is 2.10. The molecule has 0 spiro atoms. The number of aliphatic hydroxyl groups is 4. The van der Waals surface area contributed by atoms with Crippen LogP contribution in [0.3, 0.4) is 0 Å². The van der Waals surface area contributed by atoms with Crippen LogP contribution in [0, 0.1) is 0 Å². The minimum absolute atomic E-state index is 0.431. The molecule has 1 rings (SSSR count). The van der Waals surface area contributed by atoms with Gasteiger partial charge < -0.3 is 20.4 Å². The van der Waals surface area contributed by atoms with Crippen molar-refractivity contribution in [3.63, 3.8) is 0 Å². The number of ketones is 1. The van der Waals surface area contributed by atoms with Crippen molar-refractivity contribution in [1.29, 1.82) is 0 Å². The standard InChI is InChI=1S/C6H10O5/c1-5(9)3(7)2-4(8)6(5,10)11/h4,8-11H,2H2,1H3. The Morgan fingerprint density at radius 3 is 2.00 bits per heavy atom. The predicted octanol–water partition coefficient (Wildman–Crippen LogP) is -2.25. The molecule has 0 aliphatic heterocycles. The Morgan fingerprint density at radius 2 is 1.91 bits per heavy atom. The second-order valence-corrected chi connectivity index (χ2v) is 2.94. The van der Waals surface area contributed by atoms with Crippen LogP contribution in [0.4, 0.5) is 0 Å². The number of rotatable bonds is 0. The fraction of sp³-hybridized carbons (Fsp3) is 0.833. The predicted molar refractivity (Wildman–Crippen MR) is 33.4 cm³/mol. The smallest absolute Gasteiger partial charge is 0.226 e. The Balaban J connectivity index is 3.04. The summed E-state index contributed by atoms with van der Waals surface area (Å²) in [6, 6.07) is 0. The van der Waals surface area contributed by atoms with Crippen LogP contribution in [0.5, 0.6) is 0 Å². The molecule has 4 N–H and O–H groups in total. The Morgan fingerprint density at radius 1 is 1.45 bits per heavy atom. The fourth-order valence-corrected chi connectivity index (χ4v) is 1.05. The zero-order chi connectivity index (χ0) is 8.86. The summed E-state index contributed by atoms with van der Waals surface area (Å²) in [5.74, 6) is -3.49. The maximum absolute atomic E-state index is 10.8. The van der Waals surface area contributed by atoms with Crippen LogP contribution in [-0.2, 0) is 4.79 Å². The topological polar surface area (TPSA) is 98.0 Å². The minimum atomic E-state index is -2.72. The summed E-state index contributed by atoms with van der Waals surface area (Å²) >= 11 is 0. The highest BCUT2D eigenvalue weighted by molar-refractivity contribution is 5.91. The first-order chi connectivity index (χ1) is 4.80. The minimum Gasteiger partial charge on any atom is -0.387 e. The molecular weight excluding hydrogens is 152 g/mol. The van der Waals surface area contributed by atoms with E-state index in [0.29, 0.717) is 0 Å². The van der Waals surface area contributed by atoms with Gasteiger partial charge in [-0.2, -0.15) is 0 Å². The van der Waals surface area contributed by atoms with Crippen LogP contribution in [0.2, 0.25) is 0 Å². The summed E-state index contributed by atoms with van der Waals surface area (Å²) in [6.45, 7) is 0.964. The first kappa shape index (κ1) is 8.61. The van der Waals surface area contributed by atoms with Crippen LogP contribution >= 0.6 is 0 Å². The van der Waals surface area contributed by atoms with Crippen molar-refractivity contribution in [2.75, 3.05) is 0 Å². The fourth-order valence-electron chi connectivity index (χ4n) is 1.05. The van der Waals surface area contributed by atoms with Crippen molar-refractivity contribution in [2.24, 2.45) is 0 Å². The molecule has 0 aromatic carbocycles. The van der Waals surface area contributed by atoms with Crippen molar-refractivity contribution in [1.82, 2.24) is 0 Å². The van der Waals surface area contributed by atoms with E-state index in [1.165, 1.54) is 0 Å². The van der Waals surface area contributed by atoms with Crippen LogP contribution in [-0.4, -0.2) is 43.7 Å². The summed E-state index contributed by atoms with van der Waals surface area (Å²) in [7, 11) is 0. The maximum atomic E-state index is 10.8. The molecule has 0 aromatic rings. The summed E-state index contributed by atoms with van der Waals surface area (Å²) < 4.78 is 0. The molecule has 0 heterocycles. The SMILES string of the molecule is CC1(O)C(=O)CC(O)C1(O)O. The number of carbonyl (C=O) groups excluding carboxylic acids is 1. The maximum Gasteiger partial charge on any atom is 0.226 e. The van der Waals surface area contributed by atoms with E-state index in [0.717, 1.165) is 6.92 Å². The Kier molecular flexibility index (Phi) is 1.57. The highest BCUT2D eigenvalue weighted by atomic mass is 16.6. The lowest BCUT2D eigenvalue weighted by molar-refractivity contribution is -0.279. The Labute approximate surface area is 62.9 Å². The zero-order valence-corrected chi connectivity index (χ0v) is 5.98. The monoisotopic (exact) mass is 162 g/mol. The van der Waals surface area contributed by atoms with E-state index in [4.69, 9.17) is 20.4 Å². The molecule has 0 radical (unpaired) electrons. The molecule has 1 aliphatic carbocycles. The van der Waals surface area contributed by atoms with Gasteiger partial charge in [0, 0.05) is 6.42 Å². The lowest BCUT2D eigenvalue weighted by Gasteiger charge is -2.29. The third-order valence-electron chi connectivity index (χ3n) is 2.10. The molecule has 11 heavy (non-hydrogen) atoms. The van der Waals surface area contributed by atoms with Gasteiger partial charge in [-0.3, -0.25) is 4.79 Å². The second kappa shape index (κ2) is 2.01. The van der Waals surface area contributed by atoms with Crippen molar-refractivity contribution >= 4 is 5.78 Å². The van der Waals surface area contributed by atoms with E-state index < -0.39 is 29.7 Å². The average molecular weight is 162 g/mol. The first-order valence-electron chi connectivity index (χ1n) is 3.18. The van der Waals surface area contributed by atoms with E-state index in [2.05, 4.69) is 0 Å². The molecule has 0 bridgehead atoms. The molecule has 2 atom stereocenters. The molecule has 0 amide bonds. The largest absolute Gasteiger partial charge is 0.387 e. The number of hydrogen-bond acceptors (Lipinski definition) is 5. The van der Waals surface area contributed by atoms with E-state index in [1.807, 2.05) is 0 Å². The molecule has 5 nitrogen and oxygen atoms in total. The lowest BCUT2D eigenvalue weighted by Crippen LogP contribution is -2.56. The van der Waals surface area contributed by atoms with Crippen LogP contribution in [0.25, 0.3) is 0 Å². The van der Waals surface area contributed by atoms with Gasteiger partial charge in [-0.25, -0.2) is 0 Å². The van der Waals surface area contributed by atoms with Gasteiger partial charge in [-0.05, 0) is 6.92 Å². The molecule has 1 fully saturated rings.